The molecule has 2 aromatic rings. The van der Waals surface area contributed by atoms with Gasteiger partial charge in [-0.25, -0.2) is 9.37 Å². The molecule has 0 aliphatic carbocycles. The van der Waals surface area contributed by atoms with Crippen molar-refractivity contribution in [2.45, 2.75) is 52.2 Å². The van der Waals surface area contributed by atoms with E-state index in [4.69, 9.17) is 16.3 Å². The van der Waals surface area contributed by atoms with Crippen LogP contribution in [0.1, 0.15) is 51.7 Å². The molecule has 1 amide bonds. The molecule has 0 bridgehead atoms. The van der Waals surface area contributed by atoms with E-state index < -0.39 is 5.67 Å². The summed E-state index contributed by atoms with van der Waals surface area (Å²) in [5, 5.41) is 3.12. The highest BCUT2D eigenvalue weighted by molar-refractivity contribution is 6.32. The number of aromatic nitrogens is 1. The Bertz CT molecular complexity index is 833. The first kappa shape index (κ1) is 21.9. The van der Waals surface area contributed by atoms with Crippen molar-refractivity contribution >= 4 is 23.6 Å². The number of hydrogen-bond donors (Lipinski definition) is 1. The summed E-state index contributed by atoms with van der Waals surface area (Å²) in [4.78, 5) is 15.3. The van der Waals surface area contributed by atoms with Gasteiger partial charge in [0.25, 0.3) is 0 Å². The van der Waals surface area contributed by atoms with E-state index in [0.717, 1.165) is 5.56 Å². The van der Waals surface area contributed by atoms with Gasteiger partial charge in [-0.2, -0.15) is 0 Å². The largest absolute Gasteiger partial charge is 0.437 e. The van der Waals surface area contributed by atoms with E-state index in [9.17, 15) is 9.18 Å². The molecule has 1 aromatic heterocycles. The lowest BCUT2D eigenvalue weighted by Crippen LogP contribution is -2.28. The quantitative estimate of drug-likeness (QED) is 0.582. The predicted octanol–water partition coefficient (Wildman–Crippen LogP) is 6.05. The molecule has 0 saturated heterocycles. The lowest BCUT2D eigenvalue weighted by atomic mass is 9.90. The number of hydrogen-bond acceptors (Lipinski definition) is 3. The first-order chi connectivity index (χ1) is 13.3. The number of alkyl halides is 1. The van der Waals surface area contributed by atoms with Crippen molar-refractivity contribution in [2.24, 2.45) is 0 Å². The fourth-order valence-corrected chi connectivity index (χ4v) is 3.03. The summed E-state index contributed by atoms with van der Waals surface area (Å²) in [5.74, 6) is 0.735. The number of amides is 1. The normalized spacial score (nSPS) is 12.8. The molecule has 6 heteroatoms. The van der Waals surface area contributed by atoms with Crippen molar-refractivity contribution in [3.05, 3.63) is 58.8 Å². The summed E-state index contributed by atoms with van der Waals surface area (Å²) >= 11 is 6.29. The zero-order valence-corrected chi connectivity index (χ0v) is 17.4. The highest BCUT2D eigenvalue weighted by Gasteiger charge is 2.28. The first-order valence-corrected chi connectivity index (χ1v) is 9.73. The number of carbonyl (C=O) groups is 1. The summed E-state index contributed by atoms with van der Waals surface area (Å²) in [7, 11) is 0. The van der Waals surface area contributed by atoms with Gasteiger partial charge in [-0.05, 0) is 49.1 Å². The van der Waals surface area contributed by atoms with Crippen LogP contribution in [0.25, 0.3) is 6.08 Å². The number of nitrogens with one attached hydrogen (secondary N) is 1. The highest BCUT2D eigenvalue weighted by Crippen LogP contribution is 2.38. The van der Waals surface area contributed by atoms with Crippen LogP contribution < -0.4 is 10.1 Å². The smallest absolute Gasteiger partial charge is 0.219 e. The van der Waals surface area contributed by atoms with Crippen molar-refractivity contribution < 1.29 is 13.9 Å². The molecule has 1 atom stereocenters. The minimum Gasteiger partial charge on any atom is -0.437 e. The summed E-state index contributed by atoms with van der Waals surface area (Å²) < 4.78 is 20.6. The number of pyridine rings is 1. The Balaban J connectivity index is 2.08. The van der Waals surface area contributed by atoms with Crippen LogP contribution in [-0.2, 0) is 10.5 Å². The highest BCUT2D eigenvalue weighted by atomic mass is 35.5. The van der Waals surface area contributed by atoms with Crippen molar-refractivity contribution in [1.82, 2.24) is 10.3 Å². The van der Waals surface area contributed by atoms with Crippen LogP contribution >= 0.6 is 11.6 Å². The molecule has 0 spiro atoms. The second-order valence-electron chi connectivity index (χ2n) is 6.70. The molecule has 0 aliphatic heterocycles. The van der Waals surface area contributed by atoms with Crippen LogP contribution in [0.15, 0.2) is 42.6 Å². The Morgan fingerprint density at radius 2 is 2.04 bits per heavy atom. The topological polar surface area (TPSA) is 51.2 Å². The summed E-state index contributed by atoms with van der Waals surface area (Å²) in [5.41, 5.74) is 0.0404. The van der Waals surface area contributed by atoms with Gasteiger partial charge in [0.05, 0.1) is 5.02 Å². The van der Waals surface area contributed by atoms with Crippen LogP contribution in [0.3, 0.4) is 0 Å². The van der Waals surface area contributed by atoms with Crippen molar-refractivity contribution in [2.75, 3.05) is 0 Å². The first-order valence-electron chi connectivity index (χ1n) is 9.35. The molecule has 1 heterocycles. The van der Waals surface area contributed by atoms with Crippen molar-refractivity contribution in [1.29, 1.82) is 0 Å². The lowest BCUT2D eigenvalue weighted by molar-refractivity contribution is -0.119. The lowest BCUT2D eigenvalue weighted by Gasteiger charge is -2.23. The van der Waals surface area contributed by atoms with E-state index in [0.29, 0.717) is 35.1 Å². The molecule has 28 heavy (non-hydrogen) atoms. The molecule has 0 radical (unpaired) electrons. The average Bonchev–Trinajstić information content (AvgIpc) is 2.67. The van der Waals surface area contributed by atoms with Crippen LogP contribution in [-0.4, -0.2) is 16.9 Å². The number of halogens is 2. The van der Waals surface area contributed by atoms with Gasteiger partial charge in [0.2, 0.25) is 11.8 Å². The number of ether oxygens (including phenoxy) is 1. The van der Waals surface area contributed by atoms with Crippen LogP contribution in [0.2, 0.25) is 5.02 Å². The Morgan fingerprint density at radius 1 is 1.32 bits per heavy atom. The Hall–Kier alpha value is -2.40. The van der Waals surface area contributed by atoms with Crippen LogP contribution in [0, 0.1) is 0 Å². The number of benzene rings is 1. The van der Waals surface area contributed by atoms with E-state index >= 15 is 0 Å². The SMILES string of the molecule is CCC(F)(CC)c1ccc(Oc2ccc(/C=C/[C@H](C)NC(C)=O)cn2)c(Cl)c1. The molecule has 1 N–H and O–H groups in total. The molecule has 4 nitrogen and oxygen atoms in total. The monoisotopic (exact) mass is 404 g/mol. The molecule has 150 valence electrons. The van der Waals surface area contributed by atoms with E-state index in [1.807, 2.05) is 39.0 Å². The Labute approximate surface area is 170 Å². The molecule has 0 unspecified atom stereocenters. The summed E-state index contributed by atoms with van der Waals surface area (Å²) in [6.07, 6.45) is 6.18. The molecular formula is C22H26ClFN2O2. The van der Waals surface area contributed by atoms with E-state index in [1.165, 1.54) is 6.92 Å². The third-order valence-electron chi connectivity index (χ3n) is 4.55. The molecule has 2 rings (SSSR count). The van der Waals surface area contributed by atoms with Gasteiger partial charge in [0, 0.05) is 25.2 Å². The van der Waals surface area contributed by atoms with E-state index in [1.54, 1.807) is 30.5 Å². The summed E-state index contributed by atoms with van der Waals surface area (Å²) in [6.45, 7) is 7.00. The third-order valence-corrected chi connectivity index (χ3v) is 4.85. The van der Waals surface area contributed by atoms with Gasteiger partial charge >= 0.3 is 0 Å². The second kappa shape index (κ2) is 9.69. The molecule has 0 aliphatic rings. The fourth-order valence-electron chi connectivity index (χ4n) is 2.81. The van der Waals surface area contributed by atoms with Gasteiger partial charge in [-0.1, -0.05) is 43.7 Å². The third kappa shape index (κ3) is 5.80. The van der Waals surface area contributed by atoms with E-state index in [2.05, 4.69) is 10.3 Å². The van der Waals surface area contributed by atoms with Crippen LogP contribution in [0.4, 0.5) is 4.39 Å². The summed E-state index contributed by atoms with van der Waals surface area (Å²) in [6, 6.07) is 8.49. The average molecular weight is 405 g/mol. The molecule has 0 fully saturated rings. The molecule has 0 saturated carbocycles. The van der Waals surface area contributed by atoms with Crippen LogP contribution in [0.5, 0.6) is 11.6 Å². The van der Waals surface area contributed by atoms with E-state index in [-0.39, 0.29) is 11.9 Å². The van der Waals surface area contributed by atoms with Crippen molar-refractivity contribution in [3.8, 4) is 11.6 Å². The minimum absolute atomic E-state index is 0.0698. The molecule has 1 aromatic carbocycles. The Kier molecular flexibility index (Phi) is 7.58. The number of carbonyl (C=O) groups excluding carboxylic acids is 1. The zero-order chi connectivity index (χ0) is 20.7. The van der Waals surface area contributed by atoms with Gasteiger partial charge in [-0.15, -0.1) is 0 Å². The van der Waals surface area contributed by atoms with Crippen molar-refractivity contribution in [3.63, 3.8) is 0 Å². The second-order valence-corrected chi connectivity index (χ2v) is 7.10. The zero-order valence-electron chi connectivity index (χ0n) is 16.6. The standard InChI is InChI=1S/C22H26ClFN2O2/c1-5-22(24,6-2)18-10-11-20(19(23)13-18)28-21-12-9-17(14-25-21)8-7-15(3)26-16(4)27/h7-15H,5-6H2,1-4H3,(H,26,27)/b8-7+/t15-/m0/s1. The van der Waals surface area contributed by atoms with Gasteiger partial charge < -0.3 is 10.1 Å². The predicted molar refractivity (Wildman–Crippen MR) is 111 cm³/mol. The maximum atomic E-state index is 14.8. The molecular weight excluding hydrogens is 379 g/mol. The Morgan fingerprint density at radius 3 is 2.57 bits per heavy atom. The minimum atomic E-state index is -1.39. The number of nitrogens with zero attached hydrogens (tertiary/aromatic N) is 1. The maximum Gasteiger partial charge on any atom is 0.219 e. The fraction of sp³-hybridized carbons (Fsp3) is 0.364. The van der Waals surface area contributed by atoms with Gasteiger partial charge in [0.1, 0.15) is 11.4 Å². The number of rotatable bonds is 8. The maximum absolute atomic E-state index is 14.8. The van der Waals surface area contributed by atoms with Gasteiger partial charge in [-0.3, -0.25) is 4.79 Å². The van der Waals surface area contributed by atoms with Gasteiger partial charge in [0.15, 0.2) is 0 Å².